The molecule has 0 aliphatic carbocycles. The fraction of sp³-hybridized carbons (Fsp3) is 0.500. The van der Waals surface area contributed by atoms with E-state index in [1.807, 2.05) is 24.3 Å². The lowest BCUT2D eigenvalue weighted by atomic mass is 9.94. The van der Waals surface area contributed by atoms with E-state index in [1.54, 1.807) is 4.90 Å². The Morgan fingerprint density at radius 1 is 1.47 bits per heavy atom. The molecule has 5 nitrogen and oxygen atoms in total. The molecule has 0 saturated heterocycles. The van der Waals surface area contributed by atoms with Crippen LogP contribution in [-0.4, -0.2) is 53.5 Å². The molecule has 1 aliphatic rings. The summed E-state index contributed by atoms with van der Waals surface area (Å²) in [4.78, 5) is 13.2. The Bertz CT molecular complexity index is 449. The minimum absolute atomic E-state index is 0.213. The first-order valence-electron chi connectivity index (χ1n) is 6.32. The minimum atomic E-state index is -0.848. The molecule has 5 heteroatoms. The van der Waals surface area contributed by atoms with Crippen molar-refractivity contribution in [2.75, 3.05) is 20.3 Å². The molecule has 0 saturated carbocycles. The summed E-state index contributed by atoms with van der Waals surface area (Å²) < 4.78 is 4.89. The molecule has 0 radical (unpaired) electrons. The fourth-order valence-corrected chi connectivity index (χ4v) is 2.53. The molecule has 2 unspecified atom stereocenters. The monoisotopic (exact) mass is 265 g/mol. The van der Waals surface area contributed by atoms with E-state index in [2.05, 4.69) is 0 Å². The average Bonchev–Trinajstić information content (AvgIpc) is 2.38. The van der Waals surface area contributed by atoms with Gasteiger partial charge < -0.3 is 14.9 Å². The fourth-order valence-electron chi connectivity index (χ4n) is 2.53. The van der Waals surface area contributed by atoms with Gasteiger partial charge in [0, 0.05) is 20.2 Å². The summed E-state index contributed by atoms with van der Waals surface area (Å²) in [6.07, 6.45) is -0.192. The second-order valence-electron chi connectivity index (χ2n) is 4.87. The number of aliphatic carboxylic acids is 1. The van der Waals surface area contributed by atoms with Crippen molar-refractivity contribution in [1.82, 2.24) is 4.90 Å². The standard InChI is InChI=1S/C14H19NO4/c1-19-9-12(16)8-15-7-11-5-3-2-4-10(11)6-13(15)14(17)18/h2-5,12-13,16H,6-9H2,1H3,(H,17,18). The Balaban J connectivity index is 2.14. The molecular formula is C14H19NO4. The van der Waals surface area contributed by atoms with Crippen LogP contribution in [0.3, 0.4) is 0 Å². The van der Waals surface area contributed by atoms with Crippen LogP contribution in [0.2, 0.25) is 0 Å². The molecule has 19 heavy (non-hydrogen) atoms. The third-order valence-corrected chi connectivity index (χ3v) is 3.44. The maximum atomic E-state index is 11.4. The Hall–Kier alpha value is -1.43. The molecule has 1 aromatic carbocycles. The van der Waals surface area contributed by atoms with Crippen LogP contribution < -0.4 is 0 Å². The summed E-state index contributed by atoms with van der Waals surface area (Å²) in [5.74, 6) is -0.848. The van der Waals surface area contributed by atoms with Gasteiger partial charge in [0.1, 0.15) is 6.04 Å². The van der Waals surface area contributed by atoms with Gasteiger partial charge in [-0.05, 0) is 17.5 Å². The first kappa shape index (κ1) is 14.0. The topological polar surface area (TPSA) is 70.0 Å². The largest absolute Gasteiger partial charge is 0.480 e. The summed E-state index contributed by atoms with van der Waals surface area (Å²) in [5, 5.41) is 19.1. The molecule has 1 aliphatic heterocycles. The Morgan fingerprint density at radius 3 is 2.79 bits per heavy atom. The van der Waals surface area contributed by atoms with Gasteiger partial charge in [-0.1, -0.05) is 24.3 Å². The number of nitrogens with zero attached hydrogens (tertiary/aromatic N) is 1. The van der Waals surface area contributed by atoms with Gasteiger partial charge in [0.15, 0.2) is 0 Å². The predicted molar refractivity (Wildman–Crippen MR) is 69.9 cm³/mol. The third kappa shape index (κ3) is 3.32. The van der Waals surface area contributed by atoms with E-state index in [0.717, 1.165) is 11.1 Å². The van der Waals surface area contributed by atoms with Gasteiger partial charge in [-0.25, -0.2) is 0 Å². The zero-order valence-corrected chi connectivity index (χ0v) is 11.0. The van der Waals surface area contributed by atoms with Crippen molar-refractivity contribution >= 4 is 5.97 Å². The van der Waals surface area contributed by atoms with Crippen molar-refractivity contribution in [1.29, 1.82) is 0 Å². The van der Waals surface area contributed by atoms with Gasteiger partial charge in [-0.15, -0.1) is 0 Å². The van der Waals surface area contributed by atoms with E-state index < -0.39 is 18.1 Å². The number of β-amino-alcohol motifs (C(OH)–C–C–N with tert-alkyl or cyclic N) is 1. The van der Waals surface area contributed by atoms with Gasteiger partial charge in [0.05, 0.1) is 12.7 Å². The minimum Gasteiger partial charge on any atom is -0.480 e. The molecule has 0 spiro atoms. The van der Waals surface area contributed by atoms with E-state index in [4.69, 9.17) is 4.74 Å². The highest BCUT2D eigenvalue weighted by atomic mass is 16.5. The number of fused-ring (bicyclic) bond motifs is 1. The van der Waals surface area contributed by atoms with Crippen LogP contribution in [0.15, 0.2) is 24.3 Å². The molecule has 2 rings (SSSR count). The van der Waals surface area contributed by atoms with E-state index in [1.165, 1.54) is 7.11 Å². The normalized spacial score (nSPS) is 20.8. The number of carbonyl (C=O) groups is 1. The van der Waals surface area contributed by atoms with E-state index >= 15 is 0 Å². The summed E-state index contributed by atoms with van der Waals surface area (Å²) in [6, 6.07) is 7.26. The van der Waals surface area contributed by atoms with Crippen molar-refractivity contribution in [3.63, 3.8) is 0 Å². The number of carboxylic acids is 1. The first-order valence-corrected chi connectivity index (χ1v) is 6.32. The summed E-state index contributed by atoms with van der Waals surface area (Å²) in [6.45, 7) is 1.07. The van der Waals surface area contributed by atoms with Gasteiger partial charge in [-0.2, -0.15) is 0 Å². The maximum Gasteiger partial charge on any atom is 0.321 e. The zero-order valence-electron chi connectivity index (χ0n) is 11.0. The van der Waals surface area contributed by atoms with Gasteiger partial charge in [-0.3, -0.25) is 9.69 Å². The van der Waals surface area contributed by atoms with Crippen LogP contribution in [0.5, 0.6) is 0 Å². The van der Waals surface area contributed by atoms with Gasteiger partial charge >= 0.3 is 5.97 Å². The summed E-state index contributed by atoms with van der Waals surface area (Å²) >= 11 is 0. The highest BCUT2D eigenvalue weighted by molar-refractivity contribution is 5.74. The van der Waals surface area contributed by atoms with Gasteiger partial charge in [0.2, 0.25) is 0 Å². The van der Waals surface area contributed by atoms with E-state index in [-0.39, 0.29) is 6.61 Å². The highest BCUT2D eigenvalue weighted by Crippen LogP contribution is 2.23. The second kappa shape index (κ2) is 6.14. The number of rotatable bonds is 5. The molecule has 1 heterocycles. The van der Waals surface area contributed by atoms with Crippen LogP contribution >= 0.6 is 0 Å². The molecule has 2 N–H and O–H groups in total. The lowest BCUT2D eigenvalue weighted by molar-refractivity contribution is -0.144. The number of ether oxygens (including phenoxy) is 1. The van der Waals surface area contributed by atoms with Crippen molar-refractivity contribution < 1.29 is 19.7 Å². The lowest BCUT2D eigenvalue weighted by Gasteiger charge is -2.35. The highest BCUT2D eigenvalue weighted by Gasteiger charge is 2.32. The number of aliphatic hydroxyl groups excluding tert-OH is 1. The number of methoxy groups -OCH3 is 1. The van der Waals surface area contributed by atoms with Crippen molar-refractivity contribution in [2.45, 2.75) is 25.1 Å². The van der Waals surface area contributed by atoms with Crippen LogP contribution in [0.4, 0.5) is 0 Å². The molecule has 0 fully saturated rings. The maximum absolute atomic E-state index is 11.4. The van der Waals surface area contributed by atoms with Crippen LogP contribution in [-0.2, 0) is 22.5 Å². The van der Waals surface area contributed by atoms with E-state index in [9.17, 15) is 15.0 Å². The molecule has 2 atom stereocenters. The zero-order chi connectivity index (χ0) is 13.8. The Kier molecular flexibility index (Phi) is 4.52. The Labute approximate surface area is 112 Å². The predicted octanol–water partition coefficient (Wildman–Crippen LogP) is 0.505. The van der Waals surface area contributed by atoms with Crippen molar-refractivity contribution in [2.24, 2.45) is 0 Å². The number of benzene rings is 1. The second-order valence-corrected chi connectivity index (χ2v) is 4.87. The SMILES string of the molecule is COCC(O)CN1Cc2ccccc2CC1C(=O)O. The molecule has 0 amide bonds. The third-order valence-electron chi connectivity index (χ3n) is 3.44. The summed E-state index contributed by atoms with van der Waals surface area (Å²) in [5.41, 5.74) is 2.21. The number of hydrogen-bond acceptors (Lipinski definition) is 4. The Morgan fingerprint density at radius 2 is 2.16 bits per heavy atom. The first-order chi connectivity index (χ1) is 9.11. The smallest absolute Gasteiger partial charge is 0.321 e. The molecule has 0 aromatic heterocycles. The van der Waals surface area contributed by atoms with Crippen LogP contribution in [0.1, 0.15) is 11.1 Å². The molecule has 104 valence electrons. The van der Waals surface area contributed by atoms with Crippen molar-refractivity contribution in [3.8, 4) is 0 Å². The van der Waals surface area contributed by atoms with E-state index in [0.29, 0.717) is 19.5 Å². The molecular weight excluding hydrogens is 246 g/mol. The average molecular weight is 265 g/mol. The number of carboxylic acid groups (broad SMARTS) is 1. The molecule has 0 bridgehead atoms. The van der Waals surface area contributed by atoms with Gasteiger partial charge in [0.25, 0.3) is 0 Å². The van der Waals surface area contributed by atoms with Crippen LogP contribution in [0, 0.1) is 0 Å². The number of hydrogen-bond donors (Lipinski definition) is 2. The van der Waals surface area contributed by atoms with Crippen LogP contribution in [0.25, 0.3) is 0 Å². The summed E-state index contributed by atoms with van der Waals surface area (Å²) in [7, 11) is 1.52. The van der Waals surface area contributed by atoms with Crippen molar-refractivity contribution in [3.05, 3.63) is 35.4 Å². The lowest BCUT2D eigenvalue weighted by Crippen LogP contribution is -2.49. The molecule has 1 aromatic rings. The number of aliphatic hydroxyl groups is 1. The quantitative estimate of drug-likeness (QED) is 0.811.